The summed E-state index contributed by atoms with van der Waals surface area (Å²) in [6.45, 7) is 4.87. The highest BCUT2D eigenvalue weighted by Crippen LogP contribution is 2.17. The lowest BCUT2D eigenvalue weighted by molar-refractivity contribution is 0.0951. The molecular weight excluding hydrogens is 392 g/mol. The maximum absolute atomic E-state index is 12.5. The zero-order valence-corrected chi connectivity index (χ0v) is 17.5. The van der Waals surface area contributed by atoms with E-state index in [1.54, 1.807) is 19.9 Å². The van der Waals surface area contributed by atoms with Crippen molar-refractivity contribution in [3.63, 3.8) is 0 Å². The summed E-state index contributed by atoms with van der Waals surface area (Å²) in [5, 5.41) is 7.12. The van der Waals surface area contributed by atoms with Gasteiger partial charge in [-0.25, -0.2) is 13.1 Å². The van der Waals surface area contributed by atoms with Crippen molar-refractivity contribution in [3.05, 3.63) is 57.5 Å². The number of hydrogen-bond acceptors (Lipinski definition) is 5. The summed E-state index contributed by atoms with van der Waals surface area (Å²) < 4.78 is 27.7. The number of amides is 1. The van der Waals surface area contributed by atoms with Crippen LogP contribution in [0.2, 0.25) is 0 Å². The van der Waals surface area contributed by atoms with Gasteiger partial charge in [-0.15, -0.1) is 0 Å². The Balaban J connectivity index is 1.61. The van der Waals surface area contributed by atoms with Crippen molar-refractivity contribution in [1.82, 2.24) is 19.4 Å². The molecule has 3 rings (SSSR count). The van der Waals surface area contributed by atoms with Gasteiger partial charge in [0, 0.05) is 31.3 Å². The summed E-state index contributed by atoms with van der Waals surface area (Å²) in [5.74, 6) is -0.328. The molecule has 0 atom stereocenters. The molecule has 0 spiro atoms. The topological polar surface area (TPSA) is 101 Å². The van der Waals surface area contributed by atoms with Gasteiger partial charge in [0.2, 0.25) is 10.0 Å². The van der Waals surface area contributed by atoms with Gasteiger partial charge < -0.3 is 5.32 Å². The number of fused-ring (bicyclic) bond motifs is 1. The first-order valence-corrected chi connectivity index (χ1v) is 11.3. The lowest BCUT2D eigenvalue weighted by Gasteiger charge is -2.18. The van der Waals surface area contributed by atoms with Gasteiger partial charge in [-0.1, -0.05) is 13.8 Å². The van der Waals surface area contributed by atoms with Crippen LogP contribution in [0.5, 0.6) is 0 Å². The average Bonchev–Trinajstić information content (AvgIpc) is 3.16. The van der Waals surface area contributed by atoms with E-state index in [0.29, 0.717) is 18.7 Å². The van der Waals surface area contributed by atoms with Crippen LogP contribution in [0.25, 0.3) is 0 Å². The first-order chi connectivity index (χ1) is 13.9. The Morgan fingerprint density at radius 3 is 2.52 bits per heavy atom. The minimum absolute atomic E-state index is 0.159. The lowest BCUT2D eigenvalue weighted by atomic mass is 10.2. The smallest absolute Gasteiger partial charge is 0.267 e. The molecule has 9 heteroatoms. The zero-order valence-electron chi connectivity index (χ0n) is 16.7. The summed E-state index contributed by atoms with van der Waals surface area (Å²) in [6, 6.07) is 7.49. The number of hydrogen-bond donors (Lipinski definition) is 1. The van der Waals surface area contributed by atoms with Gasteiger partial charge in [-0.3, -0.25) is 9.59 Å². The first kappa shape index (κ1) is 21.2. The second kappa shape index (κ2) is 8.87. The molecule has 1 aromatic carbocycles. The number of benzene rings is 1. The third-order valence-corrected chi connectivity index (χ3v) is 7.16. The highest BCUT2D eigenvalue weighted by atomic mass is 32.2. The Bertz CT molecular complexity index is 1040. The molecule has 0 bridgehead atoms. The molecule has 1 N–H and O–H groups in total. The summed E-state index contributed by atoms with van der Waals surface area (Å²) in [7, 11) is -3.55. The van der Waals surface area contributed by atoms with Gasteiger partial charge in [0.15, 0.2) is 0 Å². The van der Waals surface area contributed by atoms with Crippen LogP contribution in [-0.4, -0.2) is 48.0 Å². The molecule has 8 nitrogen and oxygen atoms in total. The minimum atomic E-state index is -3.55. The Morgan fingerprint density at radius 1 is 1.17 bits per heavy atom. The van der Waals surface area contributed by atoms with Crippen LogP contribution < -0.4 is 10.9 Å². The van der Waals surface area contributed by atoms with Crippen LogP contribution in [0.3, 0.4) is 0 Å². The predicted molar refractivity (Wildman–Crippen MR) is 109 cm³/mol. The molecule has 1 heterocycles. The maximum Gasteiger partial charge on any atom is 0.267 e. The molecule has 0 saturated carbocycles. The van der Waals surface area contributed by atoms with E-state index in [1.807, 2.05) is 0 Å². The van der Waals surface area contributed by atoms with Crippen molar-refractivity contribution in [2.24, 2.45) is 0 Å². The molecule has 29 heavy (non-hydrogen) atoms. The van der Waals surface area contributed by atoms with Crippen LogP contribution >= 0.6 is 0 Å². The monoisotopic (exact) mass is 418 g/mol. The molecule has 0 unspecified atom stereocenters. The fraction of sp³-hybridized carbons (Fsp3) is 0.450. The van der Waals surface area contributed by atoms with E-state index in [2.05, 4.69) is 10.4 Å². The predicted octanol–water partition coefficient (Wildman–Crippen LogP) is 1.19. The highest BCUT2D eigenvalue weighted by Gasteiger charge is 2.21. The Hall–Kier alpha value is -2.52. The van der Waals surface area contributed by atoms with Crippen molar-refractivity contribution < 1.29 is 13.2 Å². The Morgan fingerprint density at radius 2 is 1.86 bits per heavy atom. The standard InChI is InChI=1S/C20H26N4O4S/c1-3-23(4-2)29(27,28)17-10-8-15(9-11-17)20(26)21-12-13-24-19(25)14-16-6-5-7-18(16)22-24/h8-11,14H,3-7,12-13H2,1-2H3,(H,21,26). The number of nitrogens with one attached hydrogen (secondary N) is 1. The minimum Gasteiger partial charge on any atom is -0.350 e. The molecule has 2 aromatic rings. The van der Waals surface area contributed by atoms with Gasteiger partial charge in [-0.2, -0.15) is 9.40 Å². The zero-order chi connectivity index (χ0) is 21.0. The second-order valence-corrected chi connectivity index (χ2v) is 8.84. The average molecular weight is 419 g/mol. The third kappa shape index (κ3) is 4.56. The van der Waals surface area contributed by atoms with E-state index in [-0.39, 0.29) is 29.5 Å². The van der Waals surface area contributed by atoms with Gasteiger partial charge in [0.1, 0.15) is 0 Å². The van der Waals surface area contributed by atoms with Crippen LogP contribution in [0.1, 0.15) is 41.9 Å². The molecule has 0 aliphatic heterocycles. The number of aromatic nitrogens is 2. The van der Waals surface area contributed by atoms with Crippen LogP contribution in [-0.2, 0) is 29.4 Å². The molecule has 0 fully saturated rings. The SMILES string of the molecule is CCN(CC)S(=O)(=O)c1ccc(C(=O)NCCn2nc3c(cc2=O)CCC3)cc1. The fourth-order valence-electron chi connectivity index (χ4n) is 3.47. The fourth-order valence-corrected chi connectivity index (χ4v) is 4.93. The second-order valence-electron chi connectivity index (χ2n) is 6.90. The summed E-state index contributed by atoms with van der Waals surface area (Å²) >= 11 is 0. The van der Waals surface area contributed by atoms with E-state index in [0.717, 1.165) is 30.5 Å². The summed E-state index contributed by atoms with van der Waals surface area (Å²) in [5.41, 5.74) is 2.18. The number of nitrogens with zero attached hydrogens (tertiary/aromatic N) is 3. The van der Waals surface area contributed by atoms with E-state index < -0.39 is 10.0 Å². The Kier molecular flexibility index (Phi) is 6.49. The van der Waals surface area contributed by atoms with E-state index in [4.69, 9.17) is 0 Å². The first-order valence-electron chi connectivity index (χ1n) is 9.85. The summed E-state index contributed by atoms with van der Waals surface area (Å²) in [6.07, 6.45) is 2.79. The quantitative estimate of drug-likeness (QED) is 0.694. The van der Waals surface area contributed by atoms with Crippen molar-refractivity contribution >= 4 is 15.9 Å². The molecular formula is C20H26N4O4S. The molecule has 1 amide bonds. The summed E-state index contributed by atoms with van der Waals surface area (Å²) in [4.78, 5) is 24.6. The number of carbonyl (C=O) groups excluding carboxylic acids is 1. The Labute approximate surface area is 170 Å². The van der Waals surface area contributed by atoms with Crippen LogP contribution in [0.15, 0.2) is 40.0 Å². The van der Waals surface area contributed by atoms with Crippen molar-refractivity contribution in [3.8, 4) is 0 Å². The molecule has 1 aliphatic rings. The van der Waals surface area contributed by atoms with Gasteiger partial charge in [0.25, 0.3) is 11.5 Å². The number of sulfonamides is 1. The largest absolute Gasteiger partial charge is 0.350 e. The number of carbonyl (C=O) groups is 1. The normalized spacial score (nSPS) is 13.5. The van der Waals surface area contributed by atoms with Crippen molar-refractivity contribution in [2.75, 3.05) is 19.6 Å². The molecule has 0 saturated heterocycles. The van der Waals surface area contributed by atoms with E-state index in [1.165, 1.54) is 33.3 Å². The lowest BCUT2D eigenvalue weighted by Crippen LogP contribution is -2.32. The van der Waals surface area contributed by atoms with Gasteiger partial charge in [-0.05, 0) is 49.1 Å². The number of rotatable bonds is 8. The molecule has 156 valence electrons. The van der Waals surface area contributed by atoms with Crippen molar-refractivity contribution in [2.45, 2.75) is 44.6 Å². The highest BCUT2D eigenvalue weighted by molar-refractivity contribution is 7.89. The van der Waals surface area contributed by atoms with Crippen LogP contribution in [0, 0.1) is 0 Å². The number of aryl methyl sites for hydroxylation is 2. The molecule has 0 radical (unpaired) electrons. The molecule has 1 aliphatic carbocycles. The van der Waals surface area contributed by atoms with E-state index in [9.17, 15) is 18.0 Å². The van der Waals surface area contributed by atoms with Gasteiger partial charge in [0.05, 0.1) is 17.1 Å². The van der Waals surface area contributed by atoms with E-state index >= 15 is 0 Å². The third-order valence-electron chi connectivity index (χ3n) is 5.09. The molecule has 1 aromatic heterocycles. The maximum atomic E-state index is 12.5. The van der Waals surface area contributed by atoms with Crippen LogP contribution in [0.4, 0.5) is 0 Å². The van der Waals surface area contributed by atoms with Crippen molar-refractivity contribution in [1.29, 1.82) is 0 Å². The van der Waals surface area contributed by atoms with Gasteiger partial charge >= 0.3 is 0 Å².